The molecule has 2 heterocycles. The zero-order chi connectivity index (χ0) is 15.8. The van der Waals surface area contributed by atoms with E-state index in [1.54, 1.807) is 13.8 Å². The lowest BCUT2D eigenvalue weighted by molar-refractivity contribution is -0.179. The summed E-state index contributed by atoms with van der Waals surface area (Å²) in [5.41, 5.74) is -3.40. The molecule has 3 N–H and O–H groups in total. The second kappa shape index (κ2) is 5.55. The van der Waals surface area contributed by atoms with Crippen LogP contribution < -0.4 is 11.2 Å². The van der Waals surface area contributed by atoms with Crippen molar-refractivity contribution in [3.63, 3.8) is 0 Å². The summed E-state index contributed by atoms with van der Waals surface area (Å²) >= 11 is 0. The van der Waals surface area contributed by atoms with Gasteiger partial charge in [0.25, 0.3) is 5.56 Å². The predicted octanol–water partition coefficient (Wildman–Crippen LogP) is -1.44. The van der Waals surface area contributed by atoms with Crippen molar-refractivity contribution in [3.05, 3.63) is 33.1 Å². The average molecular weight is 298 g/mol. The number of nitrogens with one attached hydrogen (secondary N) is 1. The molecule has 1 aliphatic heterocycles. The Kier molecular flexibility index (Phi) is 4.13. The van der Waals surface area contributed by atoms with Crippen molar-refractivity contribution >= 4 is 5.78 Å². The molecular formula is C13H18N2O6. The van der Waals surface area contributed by atoms with Crippen LogP contribution in [-0.2, 0) is 15.3 Å². The Morgan fingerprint density at radius 1 is 1.57 bits per heavy atom. The minimum Gasteiger partial charge on any atom is -0.394 e. The van der Waals surface area contributed by atoms with Crippen LogP contribution in [0.4, 0.5) is 0 Å². The van der Waals surface area contributed by atoms with E-state index in [1.165, 1.54) is 0 Å². The Morgan fingerprint density at radius 3 is 2.71 bits per heavy atom. The van der Waals surface area contributed by atoms with Crippen LogP contribution in [0.25, 0.3) is 0 Å². The van der Waals surface area contributed by atoms with Crippen molar-refractivity contribution < 1.29 is 19.7 Å². The first kappa shape index (κ1) is 15.6. The van der Waals surface area contributed by atoms with E-state index in [2.05, 4.69) is 0 Å². The van der Waals surface area contributed by atoms with Gasteiger partial charge in [0.1, 0.15) is 6.10 Å². The Labute approximate surface area is 120 Å². The Bertz CT molecular complexity index is 649. The molecule has 1 fully saturated rings. The molecule has 1 aromatic rings. The molecule has 1 saturated heterocycles. The summed E-state index contributed by atoms with van der Waals surface area (Å²) in [5, 5.41) is 19.5. The summed E-state index contributed by atoms with van der Waals surface area (Å²) in [5.74, 6) is -1.02. The Balaban J connectivity index is 2.65. The maximum absolute atomic E-state index is 12.6. The van der Waals surface area contributed by atoms with Gasteiger partial charge < -0.3 is 14.9 Å². The average Bonchev–Trinajstić information content (AvgIpc) is 2.75. The maximum atomic E-state index is 12.6. The number of aromatic amines is 1. The number of Topliss-reactive ketones (excluding diaryl/α,β-unsaturated/α-hetero) is 1. The van der Waals surface area contributed by atoms with Crippen molar-refractivity contribution in [1.82, 2.24) is 9.55 Å². The molecule has 0 radical (unpaired) electrons. The van der Waals surface area contributed by atoms with Crippen molar-refractivity contribution in [1.29, 1.82) is 0 Å². The molecule has 8 nitrogen and oxygen atoms in total. The highest BCUT2D eigenvalue weighted by atomic mass is 16.6. The predicted molar refractivity (Wildman–Crippen MR) is 71.7 cm³/mol. The van der Waals surface area contributed by atoms with Gasteiger partial charge in [-0.3, -0.25) is 19.1 Å². The number of aliphatic hydroxyl groups excluding tert-OH is 2. The van der Waals surface area contributed by atoms with Crippen LogP contribution in [-0.4, -0.2) is 44.4 Å². The molecule has 21 heavy (non-hydrogen) atoms. The number of hydrogen-bond acceptors (Lipinski definition) is 6. The monoisotopic (exact) mass is 298 g/mol. The second-order valence-electron chi connectivity index (χ2n) is 5.37. The first-order chi connectivity index (χ1) is 9.82. The standard InChI is InChI=1S/C13H18N2O6/c1-7(2)11(19)13(9(17)5-8(6-16)21-13)15-4-3-10(18)14-12(15)20/h3-4,7-9,16-17H,5-6H2,1-2H3,(H,14,18,20)/t8-,9+,13-/m0/s1. The fourth-order valence-corrected chi connectivity index (χ4v) is 2.55. The molecule has 0 aromatic carbocycles. The van der Waals surface area contributed by atoms with Crippen LogP contribution in [0.1, 0.15) is 20.3 Å². The molecule has 2 rings (SSSR count). The topological polar surface area (TPSA) is 122 Å². The molecule has 0 bridgehead atoms. The van der Waals surface area contributed by atoms with Crippen LogP contribution in [0.5, 0.6) is 0 Å². The molecular weight excluding hydrogens is 280 g/mol. The largest absolute Gasteiger partial charge is 0.394 e. The van der Waals surface area contributed by atoms with Gasteiger partial charge in [-0.2, -0.15) is 0 Å². The van der Waals surface area contributed by atoms with Crippen molar-refractivity contribution in [2.24, 2.45) is 5.92 Å². The molecule has 8 heteroatoms. The molecule has 1 aliphatic rings. The third kappa shape index (κ3) is 2.45. The van der Waals surface area contributed by atoms with Crippen LogP contribution in [0.15, 0.2) is 21.9 Å². The van der Waals surface area contributed by atoms with Gasteiger partial charge >= 0.3 is 5.69 Å². The Hall–Kier alpha value is -1.77. The number of aliphatic hydroxyl groups is 2. The minimum atomic E-state index is -1.93. The lowest BCUT2D eigenvalue weighted by Crippen LogP contribution is -2.56. The third-order valence-electron chi connectivity index (χ3n) is 3.55. The van der Waals surface area contributed by atoms with E-state index >= 15 is 0 Å². The van der Waals surface area contributed by atoms with E-state index in [4.69, 9.17) is 4.74 Å². The summed E-state index contributed by atoms with van der Waals surface area (Å²) in [4.78, 5) is 37.8. The summed E-state index contributed by atoms with van der Waals surface area (Å²) < 4.78 is 6.42. The van der Waals surface area contributed by atoms with Gasteiger partial charge in [0.05, 0.1) is 12.7 Å². The molecule has 116 valence electrons. The summed E-state index contributed by atoms with van der Waals surface area (Å²) in [7, 11) is 0. The number of H-pyrrole nitrogens is 1. The van der Waals surface area contributed by atoms with Gasteiger partial charge in [-0.25, -0.2) is 4.79 Å². The van der Waals surface area contributed by atoms with E-state index in [0.717, 1.165) is 16.8 Å². The fourth-order valence-electron chi connectivity index (χ4n) is 2.55. The van der Waals surface area contributed by atoms with E-state index in [-0.39, 0.29) is 13.0 Å². The van der Waals surface area contributed by atoms with Gasteiger partial charge in [0, 0.05) is 24.6 Å². The third-order valence-corrected chi connectivity index (χ3v) is 3.55. The SMILES string of the molecule is CC(C)C(=O)[C@@]1(n2ccc(=O)[nH]c2=O)O[C@H](CO)C[C@H]1O. The maximum Gasteiger partial charge on any atom is 0.331 e. The number of aromatic nitrogens is 2. The lowest BCUT2D eigenvalue weighted by Gasteiger charge is -2.33. The molecule has 0 spiro atoms. The number of nitrogens with zero attached hydrogens (tertiary/aromatic N) is 1. The summed E-state index contributed by atoms with van der Waals surface area (Å²) in [6.45, 7) is 2.84. The number of ketones is 1. The zero-order valence-corrected chi connectivity index (χ0v) is 11.8. The molecule has 0 unspecified atom stereocenters. The van der Waals surface area contributed by atoms with Crippen LogP contribution in [0.3, 0.4) is 0 Å². The van der Waals surface area contributed by atoms with Crippen molar-refractivity contribution in [3.8, 4) is 0 Å². The molecule has 0 amide bonds. The van der Waals surface area contributed by atoms with Gasteiger partial charge in [-0.05, 0) is 0 Å². The summed E-state index contributed by atoms with van der Waals surface area (Å²) in [6, 6.07) is 1.07. The van der Waals surface area contributed by atoms with Gasteiger partial charge in [0.2, 0.25) is 5.72 Å². The Morgan fingerprint density at radius 2 is 2.24 bits per heavy atom. The highest BCUT2D eigenvalue weighted by Crippen LogP contribution is 2.37. The second-order valence-corrected chi connectivity index (χ2v) is 5.37. The first-order valence-corrected chi connectivity index (χ1v) is 6.66. The quantitative estimate of drug-likeness (QED) is 0.625. The van der Waals surface area contributed by atoms with E-state index in [0.29, 0.717) is 0 Å². The van der Waals surface area contributed by atoms with Crippen molar-refractivity contribution in [2.75, 3.05) is 6.61 Å². The van der Waals surface area contributed by atoms with Crippen LogP contribution >= 0.6 is 0 Å². The van der Waals surface area contributed by atoms with Crippen molar-refractivity contribution in [2.45, 2.75) is 38.2 Å². The molecule has 3 atom stereocenters. The van der Waals surface area contributed by atoms with E-state index < -0.39 is 40.9 Å². The highest BCUT2D eigenvalue weighted by molar-refractivity contribution is 5.87. The smallest absolute Gasteiger partial charge is 0.331 e. The molecule has 0 aliphatic carbocycles. The van der Waals surface area contributed by atoms with Gasteiger partial charge in [0.15, 0.2) is 5.78 Å². The van der Waals surface area contributed by atoms with E-state index in [1.807, 2.05) is 4.98 Å². The number of carbonyl (C=O) groups excluding carboxylic acids is 1. The number of rotatable bonds is 4. The highest BCUT2D eigenvalue weighted by Gasteiger charge is 2.56. The normalized spacial score (nSPS) is 29.0. The van der Waals surface area contributed by atoms with Gasteiger partial charge in [-0.1, -0.05) is 13.8 Å². The minimum absolute atomic E-state index is 0.0144. The van der Waals surface area contributed by atoms with Gasteiger partial charge in [-0.15, -0.1) is 0 Å². The number of hydrogen-bond donors (Lipinski definition) is 3. The zero-order valence-electron chi connectivity index (χ0n) is 11.8. The number of ether oxygens (including phenoxy) is 1. The molecule has 1 aromatic heterocycles. The first-order valence-electron chi connectivity index (χ1n) is 6.66. The van der Waals surface area contributed by atoms with Crippen LogP contribution in [0, 0.1) is 5.92 Å². The van der Waals surface area contributed by atoms with Crippen LogP contribution in [0.2, 0.25) is 0 Å². The fraction of sp³-hybridized carbons (Fsp3) is 0.615. The molecule has 0 saturated carbocycles. The van der Waals surface area contributed by atoms with E-state index in [9.17, 15) is 24.6 Å². The number of carbonyl (C=O) groups is 1. The lowest BCUT2D eigenvalue weighted by atomic mass is 9.92. The summed E-state index contributed by atoms with van der Waals surface area (Å²) in [6.07, 6.45) is -0.931.